The second-order valence-electron chi connectivity index (χ2n) is 11.4. The van der Waals surface area contributed by atoms with Crippen LogP contribution in [-0.2, 0) is 16.6 Å². The maximum absolute atomic E-state index is 13.6. The van der Waals surface area contributed by atoms with Crippen LogP contribution in [0.1, 0.15) is 72.5 Å². The van der Waals surface area contributed by atoms with Crippen molar-refractivity contribution in [3.63, 3.8) is 0 Å². The van der Waals surface area contributed by atoms with Crippen molar-refractivity contribution in [2.24, 2.45) is 7.05 Å². The van der Waals surface area contributed by atoms with E-state index in [1.807, 2.05) is 43.4 Å². The first-order valence-corrected chi connectivity index (χ1v) is 14.8. The number of hydrogen-bond acceptors (Lipinski definition) is 7. The number of nitrogens with zero attached hydrogens (tertiary/aromatic N) is 4. The van der Waals surface area contributed by atoms with E-state index in [2.05, 4.69) is 30.2 Å². The van der Waals surface area contributed by atoms with Crippen LogP contribution in [0.2, 0.25) is 0 Å². The van der Waals surface area contributed by atoms with Crippen molar-refractivity contribution in [1.29, 1.82) is 0 Å². The number of hydrogen-bond donors (Lipinski definition) is 3. The first-order valence-electron chi connectivity index (χ1n) is 14.8. The zero-order valence-electron chi connectivity index (χ0n) is 24.7. The van der Waals surface area contributed by atoms with Crippen LogP contribution in [0.4, 0.5) is 5.82 Å². The van der Waals surface area contributed by atoms with E-state index in [0.29, 0.717) is 24.3 Å². The third kappa shape index (κ3) is 5.41. The van der Waals surface area contributed by atoms with Gasteiger partial charge in [-0.2, -0.15) is 4.98 Å². The van der Waals surface area contributed by atoms with Crippen LogP contribution in [0, 0.1) is 0 Å². The molecule has 0 aliphatic heterocycles. The number of rotatable bonds is 9. The Balaban J connectivity index is 1.26. The number of aryl methyl sites for hydroxylation is 1. The molecule has 2 saturated carbocycles. The molecule has 1 aromatic carbocycles. The molecule has 11 nitrogen and oxygen atoms in total. The van der Waals surface area contributed by atoms with Crippen molar-refractivity contribution < 1.29 is 24.2 Å². The molecule has 2 aliphatic carbocycles. The number of anilines is 1. The number of carbonyl (C=O) groups is 3. The van der Waals surface area contributed by atoms with Crippen molar-refractivity contribution in [3.05, 3.63) is 71.7 Å². The summed E-state index contributed by atoms with van der Waals surface area (Å²) < 4.78 is 7.35. The Morgan fingerprint density at radius 2 is 1.89 bits per heavy atom. The molecule has 11 heteroatoms. The molecule has 3 heterocycles. The molecular weight excluding hydrogens is 560 g/mol. The Kier molecular flexibility index (Phi) is 7.86. The molecule has 44 heavy (non-hydrogen) atoms. The minimum atomic E-state index is -1.14. The fourth-order valence-electron chi connectivity index (χ4n) is 6.37. The van der Waals surface area contributed by atoms with E-state index in [4.69, 9.17) is 9.84 Å². The van der Waals surface area contributed by atoms with Crippen molar-refractivity contribution in [3.8, 4) is 17.3 Å². The van der Waals surface area contributed by atoms with Crippen LogP contribution >= 0.6 is 0 Å². The SMILES string of the molecule is COc1nc(NC(=O)C2(NC(=O)c3ccc4c(C5CCCC5)c(-c5ccccn5)n(C)c4c3)CCC2)cnc1/C=C/C(=O)O. The fraction of sp³-hybridized carbons (Fsp3) is 0.333. The molecule has 3 aromatic heterocycles. The molecule has 2 amide bonds. The quantitative estimate of drug-likeness (QED) is 0.227. The van der Waals surface area contributed by atoms with Crippen LogP contribution in [-0.4, -0.2) is 55.1 Å². The summed E-state index contributed by atoms with van der Waals surface area (Å²) in [5.41, 5.74) is 3.83. The van der Waals surface area contributed by atoms with Gasteiger partial charge in [-0.25, -0.2) is 9.78 Å². The Labute approximate surface area is 254 Å². The van der Waals surface area contributed by atoms with E-state index in [0.717, 1.165) is 47.6 Å². The normalized spacial score (nSPS) is 16.1. The summed E-state index contributed by atoms with van der Waals surface area (Å²) in [6.45, 7) is 0. The number of benzene rings is 1. The number of ether oxygens (including phenoxy) is 1. The standard InChI is InChI=1S/C33H34N6O5/c1-39-25-18-21(11-12-22(25)28(20-8-3-4-9-20)29(39)23-10-5-6-17-34-23)30(42)38-33(15-7-16-33)32(43)37-26-19-35-24(13-14-27(40)41)31(36-26)44-2/h5-6,10-14,17-20H,3-4,7-9,15-16H2,1-2H3,(H,38,42)(H,40,41)(H,36,37,43)/b14-13+. The van der Waals surface area contributed by atoms with Gasteiger partial charge in [0.1, 0.15) is 11.2 Å². The Bertz CT molecular complexity index is 1770. The van der Waals surface area contributed by atoms with E-state index in [1.54, 1.807) is 6.20 Å². The molecule has 3 N–H and O–H groups in total. The topological polar surface area (TPSA) is 148 Å². The van der Waals surface area contributed by atoms with Gasteiger partial charge in [0.15, 0.2) is 5.82 Å². The Morgan fingerprint density at radius 3 is 2.55 bits per heavy atom. The first-order chi connectivity index (χ1) is 21.3. The van der Waals surface area contributed by atoms with Crippen molar-refractivity contribution in [2.45, 2.75) is 56.4 Å². The molecule has 0 spiro atoms. The zero-order chi connectivity index (χ0) is 30.8. The predicted molar refractivity (Wildman–Crippen MR) is 165 cm³/mol. The molecule has 2 aliphatic rings. The Hall–Kier alpha value is -5.06. The number of methoxy groups -OCH3 is 1. The van der Waals surface area contributed by atoms with E-state index in [-0.39, 0.29) is 23.3 Å². The van der Waals surface area contributed by atoms with Crippen LogP contribution in [0.25, 0.3) is 28.4 Å². The van der Waals surface area contributed by atoms with Gasteiger partial charge in [0.05, 0.1) is 24.7 Å². The van der Waals surface area contributed by atoms with Gasteiger partial charge in [-0.05, 0) is 73.9 Å². The highest BCUT2D eigenvalue weighted by Gasteiger charge is 2.46. The van der Waals surface area contributed by atoms with Gasteiger partial charge in [0.25, 0.3) is 11.8 Å². The van der Waals surface area contributed by atoms with Gasteiger partial charge >= 0.3 is 5.97 Å². The fourth-order valence-corrected chi connectivity index (χ4v) is 6.37. The number of carboxylic acids is 1. The second-order valence-corrected chi connectivity index (χ2v) is 11.4. The van der Waals surface area contributed by atoms with Gasteiger partial charge in [-0.15, -0.1) is 0 Å². The maximum Gasteiger partial charge on any atom is 0.328 e. The Morgan fingerprint density at radius 1 is 1.09 bits per heavy atom. The van der Waals surface area contributed by atoms with E-state index in [1.165, 1.54) is 37.8 Å². The lowest BCUT2D eigenvalue weighted by Crippen LogP contribution is -2.61. The zero-order valence-corrected chi connectivity index (χ0v) is 24.7. The van der Waals surface area contributed by atoms with Crippen LogP contribution < -0.4 is 15.4 Å². The number of aliphatic carboxylic acids is 1. The summed E-state index contributed by atoms with van der Waals surface area (Å²) in [4.78, 5) is 51.0. The van der Waals surface area contributed by atoms with E-state index < -0.39 is 17.4 Å². The van der Waals surface area contributed by atoms with E-state index in [9.17, 15) is 14.4 Å². The first kappa shape index (κ1) is 29.0. The molecule has 226 valence electrons. The smallest absolute Gasteiger partial charge is 0.328 e. The molecule has 6 rings (SSSR count). The molecule has 4 aromatic rings. The maximum atomic E-state index is 13.6. The molecule has 2 fully saturated rings. The molecule has 0 unspecified atom stereocenters. The number of amides is 2. The monoisotopic (exact) mass is 594 g/mol. The molecule has 0 radical (unpaired) electrons. The van der Waals surface area contributed by atoms with Gasteiger partial charge in [0.2, 0.25) is 5.88 Å². The summed E-state index contributed by atoms with van der Waals surface area (Å²) in [7, 11) is 3.40. The largest absolute Gasteiger partial charge is 0.479 e. The highest BCUT2D eigenvalue weighted by atomic mass is 16.5. The highest BCUT2D eigenvalue weighted by Crippen LogP contribution is 2.44. The lowest BCUT2D eigenvalue weighted by molar-refractivity contribution is -0.131. The van der Waals surface area contributed by atoms with Crippen molar-refractivity contribution >= 4 is 40.6 Å². The number of carbonyl (C=O) groups excluding carboxylic acids is 2. The van der Waals surface area contributed by atoms with Crippen LogP contribution in [0.15, 0.2) is 54.9 Å². The average molecular weight is 595 g/mol. The lowest BCUT2D eigenvalue weighted by Gasteiger charge is -2.40. The highest BCUT2D eigenvalue weighted by molar-refractivity contribution is 6.05. The van der Waals surface area contributed by atoms with E-state index >= 15 is 0 Å². The second kappa shape index (κ2) is 11.9. The van der Waals surface area contributed by atoms with Gasteiger partial charge in [-0.3, -0.25) is 14.6 Å². The number of aromatic nitrogens is 4. The summed E-state index contributed by atoms with van der Waals surface area (Å²) in [5.74, 6) is -1.23. The van der Waals surface area contributed by atoms with Crippen LogP contribution in [0.5, 0.6) is 5.88 Å². The summed E-state index contributed by atoms with van der Waals surface area (Å²) in [6, 6.07) is 11.7. The van der Waals surface area contributed by atoms with Gasteiger partial charge in [-0.1, -0.05) is 25.0 Å². The minimum Gasteiger partial charge on any atom is -0.479 e. The number of carboxylic acid groups (broad SMARTS) is 1. The molecule has 0 atom stereocenters. The number of nitrogens with one attached hydrogen (secondary N) is 2. The molecule has 0 bridgehead atoms. The summed E-state index contributed by atoms with van der Waals surface area (Å²) in [5, 5.41) is 15.8. The van der Waals surface area contributed by atoms with Crippen molar-refractivity contribution in [1.82, 2.24) is 24.8 Å². The third-order valence-electron chi connectivity index (χ3n) is 8.75. The van der Waals surface area contributed by atoms with Gasteiger partial charge < -0.3 is 25.0 Å². The molecular formula is C33H34N6O5. The summed E-state index contributed by atoms with van der Waals surface area (Å²) in [6.07, 6.45) is 11.7. The average Bonchev–Trinajstić information content (AvgIpc) is 3.64. The molecule has 0 saturated heterocycles. The lowest BCUT2D eigenvalue weighted by atomic mass is 9.75. The van der Waals surface area contributed by atoms with Crippen LogP contribution in [0.3, 0.4) is 0 Å². The van der Waals surface area contributed by atoms with Gasteiger partial charge in [0, 0.05) is 35.8 Å². The van der Waals surface area contributed by atoms with Crippen molar-refractivity contribution in [2.75, 3.05) is 12.4 Å². The number of pyridine rings is 1. The minimum absolute atomic E-state index is 0.0601. The predicted octanol–water partition coefficient (Wildman–Crippen LogP) is 5.09. The third-order valence-corrected chi connectivity index (χ3v) is 8.75. The summed E-state index contributed by atoms with van der Waals surface area (Å²) >= 11 is 0. The number of fused-ring (bicyclic) bond motifs is 1.